The van der Waals surface area contributed by atoms with Crippen LogP contribution in [0.3, 0.4) is 0 Å². The largest absolute Gasteiger partial charge is 0.465 e. The van der Waals surface area contributed by atoms with Crippen molar-refractivity contribution in [2.24, 2.45) is 0 Å². The van der Waals surface area contributed by atoms with Crippen LogP contribution in [-0.2, 0) is 23.4 Å². The van der Waals surface area contributed by atoms with E-state index in [0.717, 1.165) is 29.0 Å². The average molecular weight is 525 g/mol. The van der Waals surface area contributed by atoms with E-state index < -0.39 is 67.2 Å². The van der Waals surface area contributed by atoms with Gasteiger partial charge in [0.05, 0.1) is 27.2 Å². The number of aromatic nitrogens is 2. The van der Waals surface area contributed by atoms with Crippen LogP contribution in [0.5, 0.6) is 5.75 Å². The molecular weight excluding hydrogens is 499 g/mol. The maximum Gasteiger partial charge on any atom is 0.459 e. The zero-order valence-electron chi connectivity index (χ0n) is 19.8. The van der Waals surface area contributed by atoms with Crippen molar-refractivity contribution in [3.05, 3.63) is 63.2 Å². The highest BCUT2D eigenvalue weighted by Crippen LogP contribution is 2.50. The molecule has 1 aromatic carbocycles. The fourth-order valence-corrected chi connectivity index (χ4v) is 5.00. The Labute approximate surface area is 206 Å². The second kappa shape index (κ2) is 11.1. The number of hydrogen-bond donors (Lipinski definition) is 3. The highest BCUT2D eigenvalue weighted by molar-refractivity contribution is 7.52. The highest BCUT2D eigenvalue weighted by Gasteiger charge is 2.51. The molecule has 1 aromatic heterocycles. The van der Waals surface area contributed by atoms with Crippen LogP contribution in [0.4, 0.5) is 4.39 Å². The van der Waals surface area contributed by atoms with Crippen LogP contribution in [0, 0.1) is 5.82 Å². The minimum absolute atomic E-state index is 0.0301. The van der Waals surface area contributed by atoms with Crippen molar-refractivity contribution >= 4 is 21.6 Å². The first kappa shape index (κ1) is 27.8. The number of H-pyrrole nitrogens is 1. The Kier molecular flexibility index (Phi) is 8.57. The van der Waals surface area contributed by atoms with Gasteiger partial charge in [-0.2, -0.15) is 5.09 Å². The predicted molar refractivity (Wildman–Crippen MR) is 125 cm³/mol. The first-order valence-electron chi connectivity index (χ1n) is 10.9. The fourth-order valence-electron chi connectivity index (χ4n) is 3.49. The number of carbonyl (C=O) groups is 1. The standard InChI is InChI=1S/C21H26BFN3O9P/c1-4-32-18(29)12(2)25-36(31,35-14-7-5-13(23)6-8-14)33-11-15-17(28)21(3,22)19(34-15)26-10-9-16(27)24-20(26)30/h5-10,12,15,17,19,28H,4,11H2,1-3H3,(H,25,31)(H,24,27,30)/t12-,15+,17+,19+,21+,36-/m0/s1. The van der Waals surface area contributed by atoms with Gasteiger partial charge in [-0.15, -0.1) is 0 Å². The van der Waals surface area contributed by atoms with Gasteiger partial charge in [0.1, 0.15) is 29.9 Å². The third-order valence-corrected chi connectivity index (χ3v) is 7.01. The lowest BCUT2D eigenvalue weighted by atomic mass is 9.65. The fraction of sp³-hybridized carbons (Fsp3) is 0.476. The molecular formula is C21H26BFN3O9P. The number of aliphatic hydroxyl groups excluding tert-OH is 1. The quantitative estimate of drug-likeness (QED) is 0.232. The molecule has 0 saturated carbocycles. The van der Waals surface area contributed by atoms with Gasteiger partial charge in [0, 0.05) is 17.6 Å². The molecule has 194 valence electrons. The number of aliphatic hydroxyl groups is 1. The van der Waals surface area contributed by atoms with E-state index >= 15 is 0 Å². The van der Waals surface area contributed by atoms with Gasteiger partial charge in [-0.3, -0.25) is 23.7 Å². The lowest BCUT2D eigenvalue weighted by Gasteiger charge is -2.29. The molecule has 6 atom stereocenters. The first-order chi connectivity index (χ1) is 16.9. The first-order valence-corrected chi connectivity index (χ1v) is 12.5. The zero-order valence-corrected chi connectivity index (χ0v) is 20.6. The molecule has 2 heterocycles. The number of hydrogen-bond acceptors (Lipinski definition) is 9. The third kappa shape index (κ3) is 6.32. The summed E-state index contributed by atoms with van der Waals surface area (Å²) >= 11 is 0. The Morgan fingerprint density at radius 1 is 1.36 bits per heavy atom. The second-order valence-corrected chi connectivity index (χ2v) is 9.99. The maximum atomic E-state index is 13.5. The number of ether oxygens (including phenoxy) is 2. The number of benzene rings is 1. The Bertz CT molecular complexity index is 1240. The van der Waals surface area contributed by atoms with E-state index in [0.29, 0.717) is 0 Å². The summed E-state index contributed by atoms with van der Waals surface area (Å²) in [5.41, 5.74) is -1.44. The molecule has 0 bridgehead atoms. The Morgan fingerprint density at radius 3 is 2.64 bits per heavy atom. The monoisotopic (exact) mass is 525 g/mol. The molecule has 2 radical (unpaired) electrons. The van der Waals surface area contributed by atoms with Gasteiger partial charge in [-0.1, -0.05) is 6.92 Å². The molecule has 0 aliphatic carbocycles. The van der Waals surface area contributed by atoms with Crippen molar-refractivity contribution in [3.8, 4) is 5.75 Å². The predicted octanol–water partition coefficient (Wildman–Crippen LogP) is 1.03. The SMILES string of the molecule is [B][C@]1(C)[C@H](O)[C@@H](CO[P@@](=O)(N[C@@H](C)C(=O)OCC)Oc2ccc(F)cc2)O[C@H]1n1ccc(=O)[nH]c1=O. The van der Waals surface area contributed by atoms with Crippen LogP contribution in [0.25, 0.3) is 0 Å². The molecule has 2 aromatic rings. The summed E-state index contributed by atoms with van der Waals surface area (Å²) < 4.78 is 49.4. The summed E-state index contributed by atoms with van der Waals surface area (Å²) in [6.45, 7) is 3.93. The molecule has 3 N–H and O–H groups in total. The van der Waals surface area contributed by atoms with Crippen LogP contribution in [-0.4, -0.2) is 59.9 Å². The number of esters is 1. The van der Waals surface area contributed by atoms with Crippen LogP contribution < -0.4 is 20.9 Å². The van der Waals surface area contributed by atoms with Crippen molar-refractivity contribution in [1.82, 2.24) is 14.6 Å². The molecule has 36 heavy (non-hydrogen) atoms. The summed E-state index contributed by atoms with van der Waals surface area (Å²) in [4.78, 5) is 37.8. The lowest BCUT2D eigenvalue weighted by molar-refractivity contribution is -0.144. The van der Waals surface area contributed by atoms with E-state index in [1.807, 2.05) is 0 Å². The van der Waals surface area contributed by atoms with Crippen molar-refractivity contribution in [3.63, 3.8) is 0 Å². The van der Waals surface area contributed by atoms with E-state index in [9.17, 15) is 28.4 Å². The number of carbonyl (C=O) groups excluding carboxylic acids is 1. The van der Waals surface area contributed by atoms with Crippen molar-refractivity contribution in [2.45, 2.75) is 50.6 Å². The van der Waals surface area contributed by atoms with E-state index in [-0.39, 0.29) is 12.4 Å². The molecule has 1 aliphatic rings. The van der Waals surface area contributed by atoms with E-state index in [4.69, 9.17) is 26.4 Å². The maximum absolute atomic E-state index is 13.5. The molecule has 1 aliphatic heterocycles. The molecule has 0 unspecified atom stereocenters. The minimum Gasteiger partial charge on any atom is -0.465 e. The number of halogens is 1. The van der Waals surface area contributed by atoms with E-state index in [1.165, 1.54) is 26.0 Å². The Morgan fingerprint density at radius 2 is 2.03 bits per heavy atom. The van der Waals surface area contributed by atoms with Gasteiger partial charge in [0.15, 0.2) is 0 Å². The normalized spacial score (nSPS) is 26.2. The van der Waals surface area contributed by atoms with Gasteiger partial charge >= 0.3 is 19.4 Å². The summed E-state index contributed by atoms with van der Waals surface area (Å²) in [5.74, 6) is -1.31. The number of nitrogens with zero attached hydrogens (tertiary/aromatic N) is 1. The van der Waals surface area contributed by atoms with Crippen LogP contribution in [0.1, 0.15) is 27.0 Å². The molecule has 1 saturated heterocycles. The van der Waals surface area contributed by atoms with Gasteiger partial charge in [0.25, 0.3) is 5.56 Å². The van der Waals surface area contributed by atoms with Gasteiger partial charge in [-0.05, 0) is 38.1 Å². The van der Waals surface area contributed by atoms with Crippen LogP contribution in [0.15, 0.2) is 46.1 Å². The van der Waals surface area contributed by atoms with Crippen molar-refractivity contribution in [1.29, 1.82) is 0 Å². The van der Waals surface area contributed by atoms with Gasteiger partial charge < -0.3 is 19.1 Å². The molecule has 15 heteroatoms. The van der Waals surface area contributed by atoms with Crippen molar-refractivity contribution < 1.29 is 37.4 Å². The third-order valence-electron chi connectivity index (χ3n) is 5.37. The molecule has 12 nitrogen and oxygen atoms in total. The van der Waals surface area contributed by atoms with E-state index in [1.54, 1.807) is 6.92 Å². The smallest absolute Gasteiger partial charge is 0.459 e. The molecule has 0 spiro atoms. The molecule has 1 fully saturated rings. The summed E-state index contributed by atoms with van der Waals surface area (Å²) in [6, 6.07) is 4.52. The average Bonchev–Trinajstić information content (AvgIpc) is 3.03. The lowest BCUT2D eigenvalue weighted by Crippen LogP contribution is -2.38. The molecule has 3 rings (SSSR count). The summed E-state index contributed by atoms with van der Waals surface area (Å²) in [7, 11) is 1.89. The minimum atomic E-state index is -4.34. The number of rotatable bonds is 10. The highest BCUT2D eigenvalue weighted by atomic mass is 31.2. The number of nitrogens with one attached hydrogen (secondary N) is 2. The van der Waals surface area contributed by atoms with Gasteiger partial charge in [-0.25, -0.2) is 13.8 Å². The van der Waals surface area contributed by atoms with E-state index in [2.05, 4.69) is 10.1 Å². The van der Waals surface area contributed by atoms with Crippen molar-refractivity contribution in [2.75, 3.05) is 13.2 Å². The zero-order chi connectivity index (χ0) is 26.7. The Balaban J connectivity index is 1.81. The van der Waals surface area contributed by atoms with Crippen LogP contribution >= 0.6 is 7.75 Å². The van der Waals surface area contributed by atoms with Gasteiger partial charge in [0.2, 0.25) is 0 Å². The molecule has 0 amide bonds. The summed E-state index contributed by atoms with van der Waals surface area (Å²) in [5, 5.41) is 11.7. The number of aromatic amines is 1. The van der Waals surface area contributed by atoms with Crippen LogP contribution in [0.2, 0.25) is 5.31 Å². The Hall–Kier alpha value is -2.77. The summed E-state index contributed by atoms with van der Waals surface area (Å²) in [6.07, 6.45) is -2.66. The second-order valence-electron chi connectivity index (χ2n) is 8.30. The topological polar surface area (TPSA) is 158 Å².